The number of fused-ring (bicyclic) bond motifs is 4. The molecule has 1 saturated carbocycles. The van der Waals surface area contributed by atoms with Gasteiger partial charge in [-0.1, -0.05) is 30.3 Å². The molecule has 2 heterocycles. The molecule has 0 saturated heterocycles. The van der Waals surface area contributed by atoms with E-state index in [9.17, 15) is 18.8 Å². The number of nitrogens with zero attached hydrogens (tertiary/aromatic N) is 2. The number of nitrogens with two attached hydrogens (primary N) is 1. The van der Waals surface area contributed by atoms with Gasteiger partial charge in [-0.3, -0.25) is 9.59 Å². The van der Waals surface area contributed by atoms with Crippen molar-refractivity contribution in [2.45, 2.75) is 70.6 Å². The normalized spacial score (nSPS) is 16.2. The molecule has 1 aliphatic carbocycles. The van der Waals surface area contributed by atoms with Gasteiger partial charge in [0.1, 0.15) is 23.3 Å². The number of nitrogens with one attached hydrogen (secondary N) is 3. The summed E-state index contributed by atoms with van der Waals surface area (Å²) in [5.74, 6) is -0.610. The molecule has 268 valence electrons. The third kappa shape index (κ3) is 7.27. The first-order valence-electron chi connectivity index (χ1n) is 17.5. The summed E-state index contributed by atoms with van der Waals surface area (Å²) in [6.45, 7) is 5.45. The smallest absolute Gasteiger partial charge is 0.407 e. The van der Waals surface area contributed by atoms with Crippen LogP contribution < -0.4 is 16.4 Å². The number of ether oxygens (including phenoxy) is 2. The Labute approximate surface area is 299 Å². The fourth-order valence-electron chi connectivity index (χ4n) is 6.98. The second kappa shape index (κ2) is 14.0. The van der Waals surface area contributed by atoms with E-state index >= 15 is 0 Å². The van der Waals surface area contributed by atoms with Gasteiger partial charge >= 0.3 is 12.1 Å². The lowest BCUT2D eigenvalue weighted by Crippen LogP contribution is -2.35. The van der Waals surface area contributed by atoms with E-state index in [1.54, 1.807) is 32.9 Å². The van der Waals surface area contributed by atoms with Crippen LogP contribution in [0.4, 0.5) is 14.9 Å². The maximum atomic E-state index is 14.0. The first-order chi connectivity index (χ1) is 24.9. The van der Waals surface area contributed by atoms with E-state index in [4.69, 9.17) is 20.2 Å². The van der Waals surface area contributed by atoms with E-state index in [2.05, 4.69) is 32.3 Å². The highest BCUT2D eigenvalue weighted by molar-refractivity contribution is 6.15. The molecule has 1 fully saturated rings. The number of carbonyl (C=O) groups is 3. The van der Waals surface area contributed by atoms with Crippen molar-refractivity contribution in [2.75, 3.05) is 11.9 Å². The zero-order chi connectivity index (χ0) is 36.6. The molecule has 7 rings (SSSR count). The molecule has 2 amide bonds. The average molecular weight is 705 g/mol. The van der Waals surface area contributed by atoms with Gasteiger partial charge < -0.3 is 35.4 Å². The standard InChI is InChI=1S/C40H41FN6O5/c1-40(2,3)52-39(50)43-20-19-35(48)51-26-15-12-24(13-16-26)44-31-22-25(14-17-27(31)37(42)49)47-33-9-5-4-7-28(33)36-29(8-6-10-34(36)47)38-45-30-18-11-23(41)21-32(30)46-38/h4-11,14,17-18,21-22,24,26,44H,12-13,15-16,19-20H2,1-3H3,(H2,42,49)(H,43,50)(H,45,46)/t24-,26-. The summed E-state index contributed by atoms with van der Waals surface area (Å²) in [4.78, 5) is 45.0. The molecule has 52 heavy (non-hydrogen) atoms. The highest BCUT2D eigenvalue weighted by atomic mass is 19.1. The van der Waals surface area contributed by atoms with Gasteiger partial charge in [0.15, 0.2) is 0 Å². The Bertz CT molecular complexity index is 2310. The van der Waals surface area contributed by atoms with Crippen LogP contribution in [-0.2, 0) is 14.3 Å². The molecule has 4 aromatic carbocycles. The lowest BCUT2D eigenvalue weighted by Gasteiger charge is -2.30. The first-order valence-corrected chi connectivity index (χ1v) is 17.5. The third-order valence-corrected chi connectivity index (χ3v) is 9.25. The van der Waals surface area contributed by atoms with Crippen molar-refractivity contribution in [3.05, 3.63) is 90.2 Å². The van der Waals surface area contributed by atoms with E-state index in [0.29, 0.717) is 41.0 Å². The molecule has 0 unspecified atom stereocenters. The number of aromatic amines is 1. The third-order valence-electron chi connectivity index (χ3n) is 9.25. The number of primary amides is 1. The van der Waals surface area contributed by atoms with Crippen LogP contribution >= 0.6 is 0 Å². The van der Waals surface area contributed by atoms with Crippen molar-refractivity contribution in [3.63, 3.8) is 0 Å². The number of amides is 2. The number of para-hydroxylation sites is 1. The molecule has 1 aliphatic rings. The van der Waals surface area contributed by atoms with Crippen molar-refractivity contribution < 1.29 is 28.2 Å². The Balaban J connectivity index is 1.11. The van der Waals surface area contributed by atoms with E-state index in [-0.39, 0.29) is 36.9 Å². The lowest BCUT2D eigenvalue weighted by atomic mass is 9.92. The van der Waals surface area contributed by atoms with Crippen LogP contribution in [0.1, 0.15) is 63.2 Å². The van der Waals surface area contributed by atoms with Gasteiger partial charge in [0.25, 0.3) is 5.91 Å². The second-order valence-corrected chi connectivity index (χ2v) is 14.2. The SMILES string of the molecule is CC(C)(C)OC(=O)NCCC(=O)O[C@H]1CC[C@H](Nc2cc(-n3c4ccccc4c4c(-c5nc6ccc(F)cc6[nH]5)cccc43)ccc2C(N)=O)CC1. The topological polar surface area (TPSA) is 153 Å². The molecule has 11 nitrogen and oxygen atoms in total. The summed E-state index contributed by atoms with van der Waals surface area (Å²) in [7, 11) is 0. The second-order valence-electron chi connectivity index (χ2n) is 14.2. The van der Waals surface area contributed by atoms with Gasteiger partial charge in [-0.25, -0.2) is 14.2 Å². The van der Waals surface area contributed by atoms with Crippen LogP contribution in [0, 0.1) is 5.82 Å². The molecule has 0 bridgehead atoms. The summed E-state index contributed by atoms with van der Waals surface area (Å²) in [6, 6.07) is 24.3. The molecule has 0 radical (unpaired) electrons. The van der Waals surface area contributed by atoms with E-state index in [1.807, 2.05) is 42.5 Å². The first kappa shape index (κ1) is 34.5. The number of imidazole rings is 1. The lowest BCUT2D eigenvalue weighted by molar-refractivity contribution is -0.150. The van der Waals surface area contributed by atoms with Crippen molar-refractivity contribution >= 4 is 56.5 Å². The number of hydrogen-bond donors (Lipinski definition) is 4. The predicted molar refractivity (Wildman–Crippen MR) is 199 cm³/mol. The number of carbonyl (C=O) groups excluding carboxylic acids is 3. The average Bonchev–Trinajstić information content (AvgIpc) is 3.67. The van der Waals surface area contributed by atoms with Crippen molar-refractivity contribution in [1.82, 2.24) is 19.9 Å². The summed E-state index contributed by atoms with van der Waals surface area (Å²) in [6.07, 6.45) is 1.99. The van der Waals surface area contributed by atoms with Crippen LogP contribution in [-0.4, -0.2) is 56.8 Å². The van der Waals surface area contributed by atoms with E-state index in [0.717, 1.165) is 45.9 Å². The van der Waals surface area contributed by atoms with Crippen LogP contribution in [0.3, 0.4) is 0 Å². The summed E-state index contributed by atoms with van der Waals surface area (Å²) < 4.78 is 27.0. The Morgan fingerprint density at radius 1 is 0.962 bits per heavy atom. The fraction of sp³-hybridized carbons (Fsp3) is 0.300. The van der Waals surface area contributed by atoms with Crippen LogP contribution in [0.5, 0.6) is 0 Å². The monoisotopic (exact) mass is 704 g/mol. The molecule has 0 atom stereocenters. The number of halogens is 1. The van der Waals surface area contributed by atoms with Gasteiger partial charge in [0.05, 0.1) is 34.1 Å². The Hall–Kier alpha value is -5.91. The van der Waals surface area contributed by atoms with Gasteiger partial charge in [-0.15, -0.1) is 0 Å². The number of esters is 1. The minimum atomic E-state index is -0.618. The largest absolute Gasteiger partial charge is 0.462 e. The Kier molecular flexibility index (Phi) is 9.31. The molecular formula is C40H41FN6O5. The number of H-pyrrole nitrogens is 1. The van der Waals surface area contributed by atoms with Gasteiger partial charge in [0, 0.05) is 40.3 Å². The molecule has 2 aromatic heterocycles. The van der Waals surface area contributed by atoms with Crippen LogP contribution in [0.2, 0.25) is 0 Å². The molecule has 0 spiro atoms. The van der Waals surface area contributed by atoms with E-state index in [1.165, 1.54) is 12.1 Å². The summed E-state index contributed by atoms with van der Waals surface area (Å²) in [5.41, 5.74) is 11.2. The minimum Gasteiger partial charge on any atom is -0.462 e. The van der Waals surface area contributed by atoms with Crippen LogP contribution in [0.25, 0.3) is 49.9 Å². The summed E-state index contributed by atoms with van der Waals surface area (Å²) >= 11 is 0. The van der Waals surface area contributed by atoms with E-state index < -0.39 is 17.6 Å². The maximum Gasteiger partial charge on any atom is 0.407 e. The highest BCUT2D eigenvalue weighted by Gasteiger charge is 2.26. The maximum absolute atomic E-state index is 14.0. The number of rotatable bonds is 9. The number of aromatic nitrogens is 3. The number of anilines is 1. The Morgan fingerprint density at radius 3 is 2.50 bits per heavy atom. The summed E-state index contributed by atoms with van der Waals surface area (Å²) in [5, 5.41) is 8.14. The highest BCUT2D eigenvalue weighted by Crippen LogP contribution is 2.39. The molecule has 12 heteroatoms. The van der Waals surface area contributed by atoms with Gasteiger partial charge in [0.2, 0.25) is 0 Å². The van der Waals surface area contributed by atoms with Gasteiger partial charge in [-0.2, -0.15) is 0 Å². The zero-order valence-electron chi connectivity index (χ0n) is 29.3. The number of hydrogen-bond acceptors (Lipinski definition) is 7. The minimum absolute atomic E-state index is 0.0276. The van der Waals surface area contributed by atoms with Crippen LogP contribution in [0.15, 0.2) is 78.9 Å². The predicted octanol–water partition coefficient (Wildman–Crippen LogP) is 7.75. The van der Waals surface area contributed by atoms with Gasteiger partial charge in [-0.05, 0) is 95.0 Å². The molecular weight excluding hydrogens is 663 g/mol. The van der Waals surface area contributed by atoms with Crippen molar-refractivity contribution in [2.24, 2.45) is 5.73 Å². The van der Waals surface area contributed by atoms with Crippen molar-refractivity contribution in [1.29, 1.82) is 0 Å². The molecule has 0 aliphatic heterocycles. The number of benzene rings is 4. The quantitative estimate of drug-likeness (QED) is 0.112. The number of alkyl carbamates (subject to hydrolysis) is 1. The molecule has 6 aromatic rings. The molecule has 5 N–H and O–H groups in total. The van der Waals surface area contributed by atoms with Crippen molar-refractivity contribution in [3.8, 4) is 17.1 Å². The Morgan fingerprint density at radius 2 is 1.73 bits per heavy atom. The fourth-order valence-corrected chi connectivity index (χ4v) is 6.98. The zero-order valence-corrected chi connectivity index (χ0v) is 29.3.